The SMILES string of the molecule is Cc1c(B2OC(C)(C)C(C)(C)O2)[nH]c2ccc(Br)cc12. The Labute approximate surface area is 128 Å². The van der Waals surface area contributed by atoms with E-state index in [4.69, 9.17) is 9.31 Å². The van der Waals surface area contributed by atoms with Gasteiger partial charge in [0.05, 0.1) is 11.2 Å². The molecule has 1 aliphatic heterocycles. The van der Waals surface area contributed by atoms with Crippen molar-refractivity contribution in [2.24, 2.45) is 0 Å². The molecule has 5 heteroatoms. The highest BCUT2D eigenvalue weighted by molar-refractivity contribution is 9.10. The van der Waals surface area contributed by atoms with Crippen LogP contribution in [0.15, 0.2) is 22.7 Å². The minimum absolute atomic E-state index is 0.317. The zero-order chi connectivity index (χ0) is 14.7. The van der Waals surface area contributed by atoms with Crippen molar-refractivity contribution < 1.29 is 9.31 Å². The smallest absolute Gasteiger partial charge is 0.398 e. The van der Waals surface area contributed by atoms with Crippen molar-refractivity contribution in [3.05, 3.63) is 28.2 Å². The van der Waals surface area contributed by atoms with Crippen LogP contribution in [0.4, 0.5) is 0 Å². The number of aromatic amines is 1. The van der Waals surface area contributed by atoms with Gasteiger partial charge in [0, 0.05) is 21.0 Å². The van der Waals surface area contributed by atoms with Crippen molar-refractivity contribution >= 4 is 39.5 Å². The Morgan fingerprint density at radius 2 is 1.70 bits per heavy atom. The van der Waals surface area contributed by atoms with Gasteiger partial charge < -0.3 is 14.3 Å². The number of nitrogens with one attached hydrogen (secondary N) is 1. The summed E-state index contributed by atoms with van der Waals surface area (Å²) in [5.74, 6) is 0. The van der Waals surface area contributed by atoms with Crippen molar-refractivity contribution in [1.29, 1.82) is 0 Å². The lowest BCUT2D eigenvalue weighted by Crippen LogP contribution is -2.41. The number of hydrogen-bond donors (Lipinski definition) is 1. The molecule has 0 unspecified atom stereocenters. The van der Waals surface area contributed by atoms with E-state index >= 15 is 0 Å². The number of hydrogen-bond acceptors (Lipinski definition) is 2. The highest BCUT2D eigenvalue weighted by atomic mass is 79.9. The maximum atomic E-state index is 6.13. The first-order valence-corrected chi connectivity index (χ1v) is 7.64. The molecule has 1 aromatic heterocycles. The molecule has 0 radical (unpaired) electrons. The van der Waals surface area contributed by atoms with Crippen LogP contribution in [0, 0.1) is 6.92 Å². The van der Waals surface area contributed by atoms with E-state index in [-0.39, 0.29) is 18.3 Å². The first kappa shape index (κ1) is 14.2. The first-order chi connectivity index (χ1) is 9.21. The zero-order valence-electron chi connectivity index (χ0n) is 12.5. The average molecular weight is 336 g/mol. The van der Waals surface area contributed by atoms with Gasteiger partial charge in [-0.05, 0) is 58.4 Å². The van der Waals surface area contributed by atoms with Gasteiger partial charge in [0.15, 0.2) is 0 Å². The van der Waals surface area contributed by atoms with E-state index < -0.39 is 0 Å². The summed E-state index contributed by atoms with van der Waals surface area (Å²) in [6.45, 7) is 10.4. The standard InChI is InChI=1S/C15H19BBrNO2/c1-9-11-8-10(17)6-7-12(11)18-13(9)16-19-14(2,3)15(4,5)20-16/h6-8,18H,1-5H3. The maximum absolute atomic E-state index is 6.13. The van der Waals surface area contributed by atoms with E-state index in [0.29, 0.717) is 0 Å². The Morgan fingerprint density at radius 3 is 2.30 bits per heavy atom. The lowest BCUT2D eigenvalue weighted by atomic mass is 9.82. The van der Waals surface area contributed by atoms with Crippen molar-refractivity contribution in [2.75, 3.05) is 0 Å². The monoisotopic (exact) mass is 335 g/mol. The highest BCUT2D eigenvalue weighted by Crippen LogP contribution is 2.37. The van der Waals surface area contributed by atoms with Gasteiger partial charge in [-0.25, -0.2) is 0 Å². The average Bonchev–Trinajstić information content (AvgIpc) is 2.75. The van der Waals surface area contributed by atoms with E-state index in [2.05, 4.69) is 67.7 Å². The largest absolute Gasteiger partial charge is 0.512 e. The van der Waals surface area contributed by atoms with Gasteiger partial charge in [-0.2, -0.15) is 0 Å². The number of halogens is 1. The van der Waals surface area contributed by atoms with Gasteiger partial charge in [0.1, 0.15) is 0 Å². The van der Waals surface area contributed by atoms with Crippen molar-refractivity contribution in [2.45, 2.75) is 45.8 Å². The molecule has 0 spiro atoms. The molecule has 0 bridgehead atoms. The third kappa shape index (κ3) is 2.03. The third-order valence-electron chi connectivity index (χ3n) is 4.55. The minimum atomic E-state index is -0.342. The van der Waals surface area contributed by atoms with Crippen LogP contribution in [0.25, 0.3) is 10.9 Å². The topological polar surface area (TPSA) is 34.2 Å². The summed E-state index contributed by atoms with van der Waals surface area (Å²) in [5.41, 5.74) is 2.66. The molecule has 0 amide bonds. The molecule has 2 aromatic rings. The van der Waals surface area contributed by atoms with Crippen LogP contribution in [0.3, 0.4) is 0 Å². The molecule has 20 heavy (non-hydrogen) atoms. The van der Waals surface area contributed by atoms with Crippen molar-refractivity contribution in [1.82, 2.24) is 4.98 Å². The van der Waals surface area contributed by atoms with Crippen LogP contribution in [0.5, 0.6) is 0 Å². The van der Waals surface area contributed by atoms with Crippen LogP contribution < -0.4 is 5.59 Å². The molecule has 3 nitrogen and oxygen atoms in total. The number of H-pyrrole nitrogens is 1. The maximum Gasteiger partial charge on any atom is 0.512 e. The molecule has 0 saturated carbocycles. The molecule has 106 valence electrons. The minimum Gasteiger partial charge on any atom is -0.398 e. The number of benzene rings is 1. The van der Waals surface area contributed by atoms with Crippen LogP contribution in [-0.2, 0) is 9.31 Å². The molecule has 1 saturated heterocycles. The molecular formula is C15H19BBrNO2. The molecule has 1 aromatic carbocycles. The molecular weight excluding hydrogens is 317 g/mol. The van der Waals surface area contributed by atoms with E-state index in [9.17, 15) is 0 Å². The van der Waals surface area contributed by atoms with Crippen LogP contribution in [-0.4, -0.2) is 23.3 Å². The third-order valence-corrected chi connectivity index (χ3v) is 5.04. The fourth-order valence-electron chi connectivity index (χ4n) is 2.52. The van der Waals surface area contributed by atoms with Crippen LogP contribution in [0.1, 0.15) is 33.3 Å². The molecule has 1 N–H and O–H groups in total. The zero-order valence-corrected chi connectivity index (χ0v) is 14.1. The number of rotatable bonds is 1. The lowest BCUT2D eigenvalue weighted by Gasteiger charge is -2.32. The van der Waals surface area contributed by atoms with E-state index in [1.807, 2.05) is 6.07 Å². The summed E-state index contributed by atoms with van der Waals surface area (Å²) in [6.07, 6.45) is 0. The van der Waals surface area contributed by atoms with Gasteiger partial charge in [-0.3, -0.25) is 0 Å². The molecule has 3 rings (SSSR count). The molecule has 1 fully saturated rings. The predicted molar refractivity (Wildman–Crippen MR) is 86.5 cm³/mol. The van der Waals surface area contributed by atoms with Gasteiger partial charge in [0.2, 0.25) is 0 Å². The fourth-order valence-corrected chi connectivity index (χ4v) is 2.88. The van der Waals surface area contributed by atoms with Crippen LogP contribution >= 0.6 is 15.9 Å². The van der Waals surface area contributed by atoms with E-state index in [0.717, 1.165) is 15.6 Å². The van der Waals surface area contributed by atoms with Gasteiger partial charge in [-0.15, -0.1) is 0 Å². The van der Waals surface area contributed by atoms with E-state index in [1.165, 1.54) is 10.9 Å². The van der Waals surface area contributed by atoms with Crippen molar-refractivity contribution in [3.63, 3.8) is 0 Å². The first-order valence-electron chi connectivity index (χ1n) is 6.85. The second kappa shape index (κ2) is 4.36. The second-order valence-corrected chi connectivity index (χ2v) is 7.36. The van der Waals surface area contributed by atoms with Crippen molar-refractivity contribution in [3.8, 4) is 0 Å². The normalized spacial score (nSPS) is 20.8. The van der Waals surface area contributed by atoms with E-state index in [1.54, 1.807) is 0 Å². The Kier molecular flexibility index (Phi) is 3.09. The molecule has 0 atom stereocenters. The Balaban J connectivity index is 2.06. The molecule has 0 aliphatic carbocycles. The Morgan fingerprint density at radius 1 is 1.10 bits per heavy atom. The van der Waals surface area contributed by atoms with Gasteiger partial charge in [-0.1, -0.05) is 15.9 Å². The lowest BCUT2D eigenvalue weighted by molar-refractivity contribution is 0.00578. The predicted octanol–water partition coefficient (Wildman–Crippen LogP) is 3.54. The summed E-state index contributed by atoms with van der Waals surface area (Å²) >= 11 is 3.52. The summed E-state index contributed by atoms with van der Waals surface area (Å²) in [5, 5.41) is 1.20. The summed E-state index contributed by atoms with van der Waals surface area (Å²) < 4.78 is 13.3. The quantitative estimate of drug-likeness (QED) is 0.809. The second-order valence-electron chi connectivity index (χ2n) is 6.44. The van der Waals surface area contributed by atoms with Gasteiger partial charge in [0.25, 0.3) is 0 Å². The van der Waals surface area contributed by atoms with Crippen LogP contribution in [0.2, 0.25) is 0 Å². The number of aryl methyl sites for hydroxylation is 1. The molecule has 1 aliphatic rings. The Bertz CT molecular complexity index is 662. The number of fused-ring (bicyclic) bond motifs is 1. The van der Waals surface area contributed by atoms with Gasteiger partial charge >= 0.3 is 7.12 Å². The summed E-state index contributed by atoms with van der Waals surface area (Å²) in [6, 6.07) is 6.23. The summed E-state index contributed by atoms with van der Waals surface area (Å²) in [7, 11) is -0.342. The summed E-state index contributed by atoms with van der Waals surface area (Å²) in [4.78, 5) is 3.44. The molecule has 2 heterocycles. The number of aromatic nitrogens is 1. The highest BCUT2D eigenvalue weighted by Gasteiger charge is 2.52. The fraction of sp³-hybridized carbons (Fsp3) is 0.467. The Hall–Kier alpha value is -0.775.